The van der Waals surface area contributed by atoms with Gasteiger partial charge in [0.25, 0.3) is 0 Å². The molecule has 0 spiro atoms. The third kappa shape index (κ3) is 3.78. The number of carbonyl (C=O) groups is 1. The van der Waals surface area contributed by atoms with Crippen molar-refractivity contribution in [3.63, 3.8) is 0 Å². The molecule has 0 aliphatic heterocycles. The molecule has 2 aromatic carbocycles. The van der Waals surface area contributed by atoms with Crippen LogP contribution in [-0.4, -0.2) is 22.9 Å². The molecule has 0 aliphatic rings. The number of nitrogens with one attached hydrogen (secondary N) is 1. The van der Waals surface area contributed by atoms with Gasteiger partial charge >= 0.3 is 11.7 Å². The highest BCUT2D eigenvalue weighted by atomic mass is 19.1. The molecule has 2 rings (SSSR count). The average molecular weight is 303 g/mol. The lowest BCUT2D eigenvalue weighted by Crippen LogP contribution is -2.30. The molecule has 1 N–H and O–H groups in total. The van der Waals surface area contributed by atoms with Crippen molar-refractivity contribution in [2.75, 3.05) is 12.4 Å². The summed E-state index contributed by atoms with van der Waals surface area (Å²) in [4.78, 5) is 23.3. The molecule has 114 valence electrons. The molecule has 22 heavy (non-hydrogen) atoms. The molecule has 0 saturated heterocycles. The highest BCUT2D eigenvalue weighted by Crippen LogP contribution is 2.21. The van der Waals surface area contributed by atoms with Crippen LogP contribution in [0.15, 0.2) is 48.5 Å². The van der Waals surface area contributed by atoms with Gasteiger partial charge in [0, 0.05) is 25.3 Å². The predicted octanol–water partition coefficient (Wildman–Crippen LogP) is 3.40. The second-order valence-electron chi connectivity index (χ2n) is 4.70. The molecule has 0 unspecified atom stereocenters. The van der Waals surface area contributed by atoms with Crippen molar-refractivity contribution in [3.8, 4) is 0 Å². The highest BCUT2D eigenvalue weighted by molar-refractivity contribution is 5.89. The summed E-state index contributed by atoms with van der Waals surface area (Å²) in [7, 11) is 1.60. The summed E-state index contributed by atoms with van der Waals surface area (Å²) in [5, 5.41) is 13.2. The van der Waals surface area contributed by atoms with Crippen molar-refractivity contribution in [2.24, 2.45) is 0 Å². The second kappa shape index (κ2) is 6.66. The minimum absolute atomic E-state index is 0.165. The van der Waals surface area contributed by atoms with E-state index in [2.05, 4.69) is 5.32 Å². The standard InChI is InChI=1S/C15H14FN3O3/c1-18(10-11-5-3-2-4-6-11)15(20)17-12-7-8-13(16)14(9-12)19(21)22/h2-9H,10H2,1H3,(H,17,20). The number of halogens is 1. The van der Waals surface area contributed by atoms with Crippen molar-refractivity contribution in [2.45, 2.75) is 6.54 Å². The Morgan fingerprint density at radius 3 is 2.59 bits per heavy atom. The molecule has 0 saturated carbocycles. The molecule has 0 aliphatic carbocycles. The molecule has 6 nitrogen and oxygen atoms in total. The number of nitrogens with zero attached hydrogens (tertiary/aromatic N) is 2. The zero-order chi connectivity index (χ0) is 16.1. The van der Waals surface area contributed by atoms with E-state index in [4.69, 9.17) is 0 Å². The molecule has 0 atom stereocenters. The average Bonchev–Trinajstić information content (AvgIpc) is 2.49. The molecule has 7 heteroatoms. The first-order valence-electron chi connectivity index (χ1n) is 6.47. The number of carbonyl (C=O) groups excluding carboxylic acids is 1. The number of hydrogen-bond donors (Lipinski definition) is 1. The fourth-order valence-corrected chi connectivity index (χ4v) is 1.88. The zero-order valence-corrected chi connectivity index (χ0v) is 11.8. The van der Waals surface area contributed by atoms with Gasteiger partial charge in [0.2, 0.25) is 5.82 Å². The fourth-order valence-electron chi connectivity index (χ4n) is 1.88. The third-order valence-corrected chi connectivity index (χ3v) is 3.00. The van der Waals surface area contributed by atoms with E-state index in [0.717, 1.165) is 17.7 Å². The van der Waals surface area contributed by atoms with E-state index in [1.165, 1.54) is 11.0 Å². The van der Waals surface area contributed by atoms with Gasteiger partial charge in [-0.2, -0.15) is 4.39 Å². The number of hydrogen-bond acceptors (Lipinski definition) is 3. The van der Waals surface area contributed by atoms with Crippen LogP contribution in [0.1, 0.15) is 5.56 Å². The summed E-state index contributed by atoms with van der Waals surface area (Å²) in [6.45, 7) is 0.385. The molecule has 0 bridgehead atoms. The van der Waals surface area contributed by atoms with Crippen molar-refractivity contribution in [3.05, 3.63) is 70.0 Å². The highest BCUT2D eigenvalue weighted by Gasteiger charge is 2.16. The third-order valence-electron chi connectivity index (χ3n) is 3.00. The van der Waals surface area contributed by atoms with Gasteiger partial charge in [-0.25, -0.2) is 4.79 Å². The summed E-state index contributed by atoms with van der Waals surface area (Å²) < 4.78 is 13.2. The Morgan fingerprint density at radius 1 is 1.27 bits per heavy atom. The van der Waals surface area contributed by atoms with Gasteiger partial charge < -0.3 is 10.2 Å². The normalized spacial score (nSPS) is 10.1. The topological polar surface area (TPSA) is 75.5 Å². The minimum atomic E-state index is -0.944. The number of urea groups is 1. The van der Waals surface area contributed by atoms with E-state index in [1.807, 2.05) is 30.3 Å². The molecule has 0 heterocycles. The van der Waals surface area contributed by atoms with Crippen LogP contribution in [-0.2, 0) is 6.54 Å². The Hall–Kier alpha value is -2.96. The summed E-state index contributed by atoms with van der Waals surface area (Å²) in [6, 6.07) is 12.1. The van der Waals surface area contributed by atoms with Crippen molar-refractivity contribution < 1.29 is 14.1 Å². The van der Waals surface area contributed by atoms with Crippen LogP contribution < -0.4 is 5.32 Å². The van der Waals surface area contributed by atoms with Crippen molar-refractivity contribution in [1.82, 2.24) is 4.90 Å². The van der Waals surface area contributed by atoms with Crippen LogP contribution in [0.3, 0.4) is 0 Å². The summed E-state index contributed by atoms with van der Waals surface area (Å²) >= 11 is 0. The number of nitro groups is 1. The number of amides is 2. The molecule has 0 fully saturated rings. The summed E-state index contributed by atoms with van der Waals surface area (Å²) in [5.41, 5.74) is 0.437. The van der Waals surface area contributed by atoms with Crippen molar-refractivity contribution >= 4 is 17.4 Å². The number of nitro benzene ring substituents is 1. The van der Waals surface area contributed by atoms with Gasteiger partial charge in [-0.05, 0) is 17.7 Å². The first kappa shape index (κ1) is 15.4. The lowest BCUT2D eigenvalue weighted by atomic mass is 10.2. The maximum absolute atomic E-state index is 13.2. The van der Waals surface area contributed by atoms with Gasteiger partial charge in [0.05, 0.1) is 4.92 Å². The van der Waals surface area contributed by atoms with E-state index >= 15 is 0 Å². The molecular weight excluding hydrogens is 289 g/mol. The zero-order valence-electron chi connectivity index (χ0n) is 11.8. The smallest absolute Gasteiger partial charge is 0.321 e. The number of benzene rings is 2. The minimum Gasteiger partial charge on any atom is -0.323 e. The first-order chi connectivity index (χ1) is 10.5. The van der Waals surface area contributed by atoms with Crippen LogP contribution in [0, 0.1) is 15.9 Å². The Bertz CT molecular complexity index is 692. The Balaban J connectivity index is 2.05. The van der Waals surface area contributed by atoms with Gasteiger partial charge in [0.15, 0.2) is 0 Å². The maximum atomic E-state index is 13.2. The lowest BCUT2D eigenvalue weighted by Gasteiger charge is -2.18. The van der Waals surface area contributed by atoms with Crippen LogP contribution in [0.5, 0.6) is 0 Å². The van der Waals surface area contributed by atoms with Gasteiger partial charge in [0.1, 0.15) is 0 Å². The SMILES string of the molecule is CN(Cc1ccccc1)C(=O)Nc1ccc(F)c([N+](=O)[O-])c1. The van der Waals surface area contributed by atoms with E-state index < -0.39 is 22.5 Å². The van der Waals surface area contributed by atoms with E-state index in [-0.39, 0.29) is 5.69 Å². The molecule has 2 aromatic rings. The van der Waals surface area contributed by atoms with Gasteiger partial charge in [-0.3, -0.25) is 10.1 Å². The summed E-state index contributed by atoms with van der Waals surface area (Å²) in [5.74, 6) is -0.944. The fraction of sp³-hybridized carbons (Fsp3) is 0.133. The predicted molar refractivity (Wildman–Crippen MR) is 80.0 cm³/mol. The summed E-state index contributed by atoms with van der Waals surface area (Å²) in [6.07, 6.45) is 0. The number of rotatable bonds is 4. The largest absolute Gasteiger partial charge is 0.323 e. The quantitative estimate of drug-likeness (QED) is 0.694. The lowest BCUT2D eigenvalue weighted by molar-refractivity contribution is -0.387. The van der Waals surface area contributed by atoms with Gasteiger partial charge in [-0.15, -0.1) is 0 Å². The van der Waals surface area contributed by atoms with Crippen LogP contribution in [0.2, 0.25) is 0 Å². The monoisotopic (exact) mass is 303 g/mol. The second-order valence-corrected chi connectivity index (χ2v) is 4.70. The van der Waals surface area contributed by atoms with Crippen LogP contribution in [0.4, 0.5) is 20.6 Å². The molecule has 2 amide bonds. The van der Waals surface area contributed by atoms with Crippen molar-refractivity contribution in [1.29, 1.82) is 0 Å². The Kier molecular flexibility index (Phi) is 4.67. The molecule has 0 radical (unpaired) electrons. The van der Waals surface area contributed by atoms with Crippen LogP contribution in [0.25, 0.3) is 0 Å². The Labute approximate surface area is 126 Å². The molecular formula is C15H14FN3O3. The number of anilines is 1. The van der Waals surface area contributed by atoms with E-state index in [9.17, 15) is 19.3 Å². The van der Waals surface area contributed by atoms with Crippen LogP contribution >= 0.6 is 0 Å². The van der Waals surface area contributed by atoms with E-state index in [1.54, 1.807) is 7.05 Å². The van der Waals surface area contributed by atoms with Gasteiger partial charge in [-0.1, -0.05) is 30.3 Å². The maximum Gasteiger partial charge on any atom is 0.321 e. The Morgan fingerprint density at radius 2 is 1.95 bits per heavy atom. The first-order valence-corrected chi connectivity index (χ1v) is 6.47. The molecule has 0 aromatic heterocycles. The van der Waals surface area contributed by atoms with E-state index in [0.29, 0.717) is 6.54 Å².